The van der Waals surface area contributed by atoms with Crippen LogP contribution in [0, 0.1) is 35.0 Å². The van der Waals surface area contributed by atoms with Crippen molar-refractivity contribution in [2.24, 2.45) is 16.7 Å². The maximum Gasteiger partial charge on any atom is 0.255 e. The quantitative estimate of drug-likeness (QED) is 0.0868. The van der Waals surface area contributed by atoms with E-state index in [4.69, 9.17) is 16.3 Å². The number of halogens is 1. The number of rotatable bonds is 16. The number of thiazole rings is 1. The number of piperazine rings is 1. The van der Waals surface area contributed by atoms with E-state index in [9.17, 15) is 29.5 Å². The molecule has 394 valence electrons. The van der Waals surface area contributed by atoms with Gasteiger partial charge in [-0.3, -0.25) is 24.1 Å². The Morgan fingerprint density at radius 3 is 2.29 bits per heavy atom. The number of amides is 4. The molecule has 14 nitrogen and oxygen atoms in total. The predicted octanol–water partition coefficient (Wildman–Crippen LogP) is 8.83. The van der Waals surface area contributed by atoms with Crippen LogP contribution in [0.5, 0.6) is 5.75 Å². The highest BCUT2D eigenvalue weighted by Crippen LogP contribution is 2.55. The largest absolute Gasteiger partial charge is 0.489 e. The van der Waals surface area contributed by atoms with Crippen molar-refractivity contribution in [1.29, 1.82) is 5.26 Å². The molecule has 16 heteroatoms. The zero-order chi connectivity index (χ0) is 53.5. The summed E-state index contributed by atoms with van der Waals surface area (Å²) in [7, 11) is 0. The van der Waals surface area contributed by atoms with Gasteiger partial charge in [-0.1, -0.05) is 95.6 Å². The average molecular weight is 1050 g/mol. The third kappa shape index (κ3) is 10.9. The Hall–Kier alpha value is -6.31. The zero-order valence-corrected chi connectivity index (χ0v) is 45.8. The SMILES string of the molecule is Cc1ncsc1-c1ccc([C@H](C)NC(=O)[C@@H]2C[C@@H](O)CN2C(=O)[C@@H](C(C)C)N2Cc3ccc(N4CCN(CCCc5ccc(C(=O)N[C@H]6C(C)(C)[C@H](Oc7ccc(C#N)c(Cl)c7)C6(C)C)cc5)CC4)cc3C2=O)cc1. The first kappa shape index (κ1) is 53.5. The van der Waals surface area contributed by atoms with Gasteiger partial charge >= 0.3 is 0 Å². The van der Waals surface area contributed by atoms with Crippen LogP contribution < -0.4 is 20.3 Å². The second-order valence-corrected chi connectivity index (χ2v) is 23.7. The average Bonchev–Trinajstić information content (AvgIpc) is 4.12. The topological polar surface area (TPSA) is 171 Å². The number of likely N-dealkylation sites (tertiary alicyclic amines) is 1. The Kier molecular flexibility index (Phi) is 15.5. The van der Waals surface area contributed by atoms with Crippen molar-refractivity contribution in [2.45, 2.75) is 118 Å². The van der Waals surface area contributed by atoms with E-state index in [2.05, 4.69) is 65.2 Å². The lowest BCUT2D eigenvalue weighted by Crippen LogP contribution is -2.74. The number of nitrogens with one attached hydrogen (secondary N) is 2. The van der Waals surface area contributed by atoms with Crippen LogP contribution in [0.15, 0.2) is 90.4 Å². The summed E-state index contributed by atoms with van der Waals surface area (Å²) in [5.74, 6) is -0.627. The number of anilines is 1. The molecule has 4 atom stereocenters. The number of nitrogens with zero attached hydrogens (tertiary/aromatic N) is 6. The summed E-state index contributed by atoms with van der Waals surface area (Å²) in [6, 6.07) is 27.0. The molecule has 4 aliphatic rings. The summed E-state index contributed by atoms with van der Waals surface area (Å²) < 4.78 is 6.40. The number of carbonyl (C=O) groups is 4. The molecule has 4 amide bonds. The Morgan fingerprint density at radius 1 is 0.947 bits per heavy atom. The number of aryl methyl sites for hydroxylation is 2. The fraction of sp³-hybridized carbons (Fsp3) is 0.458. The molecule has 4 heterocycles. The number of aromatic nitrogens is 1. The van der Waals surface area contributed by atoms with Crippen LogP contribution in [0.1, 0.15) is 116 Å². The summed E-state index contributed by atoms with van der Waals surface area (Å²) in [5.41, 5.74) is 8.69. The van der Waals surface area contributed by atoms with Crippen molar-refractivity contribution >= 4 is 52.3 Å². The minimum atomic E-state index is -0.868. The second kappa shape index (κ2) is 21.7. The molecule has 5 aromatic rings. The van der Waals surface area contributed by atoms with Crippen LogP contribution in [0.3, 0.4) is 0 Å². The molecule has 75 heavy (non-hydrogen) atoms. The van der Waals surface area contributed by atoms with E-state index >= 15 is 0 Å². The third-order valence-electron chi connectivity index (χ3n) is 16.1. The summed E-state index contributed by atoms with van der Waals surface area (Å²) >= 11 is 7.86. The molecule has 4 aromatic carbocycles. The van der Waals surface area contributed by atoms with Crippen molar-refractivity contribution in [3.05, 3.63) is 135 Å². The second-order valence-electron chi connectivity index (χ2n) is 22.4. The molecule has 3 fully saturated rings. The highest BCUT2D eigenvalue weighted by atomic mass is 35.5. The molecule has 3 aliphatic heterocycles. The van der Waals surface area contributed by atoms with Crippen molar-refractivity contribution in [1.82, 2.24) is 30.3 Å². The fourth-order valence-corrected chi connectivity index (χ4v) is 13.3. The van der Waals surface area contributed by atoms with Crippen molar-refractivity contribution in [2.75, 3.05) is 44.2 Å². The maximum atomic E-state index is 14.5. The number of aliphatic hydroxyl groups excluding tert-OH is 1. The highest BCUT2D eigenvalue weighted by Gasteiger charge is 2.64. The van der Waals surface area contributed by atoms with Gasteiger partial charge in [0, 0.05) is 85.4 Å². The lowest BCUT2D eigenvalue weighted by atomic mass is 9.49. The summed E-state index contributed by atoms with van der Waals surface area (Å²) in [6.45, 7) is 20.8. The van der Waals surface area contributed by atoms with Crippen LogP contribution in [0.25, 0.3) is 10.4 Å². The fourth-order valence-electron chi connectivity index (χ4n) is 12.3. The van der Waals surface area contributed by atoms with E-state index in [1.54, 1.807) is 34.4 Å². The molecular weight excluding hydrogens is 984 g/mol. The van der Waals surface area contributed by atoms with Gasteiger partial charge in [0.2, 0.25) is 11.8 Å². The molecule has 1 aromatic heterocycles. The van der Waals surface area contributed by atoms with Crippen molar-refractivity contribution in [3.8, 4) is 22.3 Å². The number of hydrogen-bond acceptors (Lipinski definition) is 11. The Bertz CT molecular complexity index is 2960. The standard InChI is InChI=1S/C59H69ClN8O6S/c1-35(2)50(55(73)67-33-45(69)29-49(67)53(71)63-36(3)39-15-17-40(18-16-39)51-37(4)62-34-75-51)68-32-43-19-21-44(28-47(43)54(68)72)66-26-24-65(25-27-66)23-9-10-38-11-13-41(14-12-38)52(70)64-56-58(5,6)57(59(56,7)8)74-46-22-20-42(31-61)48(60)30-46/h11-22,28,30,34-36,45,49-50,56-57,69H,9-10,23-27,29,32-33H2,1-8H3,(H,63,71)(H,64,70)/t36-,45+,49-,50+,56-,57-/m0/s1. The van der Waals surface area contributed by atoms with Crippen molar-refractivity contribution in [3.63, 3.8) is 0 Å². The van der Waals surface area contributed by atoms with E-state index in [0.29, 0.717) is 34.0 Å². The first-order valence-electron chi connectivity index (χ1n) is 26.2. The summed E-state index contributed by atoms with van der Waals surface area (Å²) in [4.78, 5) is 69.6. The highest BCUT2D eigenvalue weighted by molar-refractivity contribution is 7.13. The van der Waals surface area contributed by atoms with Crippen molar-refractivity contribution < 1.29 is 29.0 Å². The lowest BCUT2D eigenvalue weighted by Gasteiger charge is -2.63. The molecule has 1 aliphatic carbocycles. The van der Waals surface area contributed by atoms with Gasteiger partial charge in [0.25, 0.3) is 11.8 Å². The monoisotopic (exact) mass is 1050 g/mol. The number of benzene rings is 4. The molecule has 0 unspecified atom stereocenters. The van der Waals surface area contributed by atoms with Gasteiger partial charge in [0.05, 0.1) is 38.8 Å². The minimum absolute atomic E-state index is 0.0219. The van der Waals surface area contributed by atoms with E-state index in [1.807, 2.05) is 93.9 Å². The van der Waals surface area contributed by atoms with E-state index in [-0.39, 0.29) is 71.5 Å². The normalized spacial score (nSPS) is 21.8. The maximum absolute atomic E-state index is 14.5. The summed E-state index contributed by atoms with van der Waals surface area (Å²) in [6.07, 6.45) is 0.945. The molecular formula is C59H69ClN8O6S. The Morgan fingerprint density at radius 2 is 1.65 bits per heavy atom. The van der Waals surface area contributed by atoms with Gasteiger partial charge in [0.1, 0.15) is 30.0 Å². The first-order chi connectivity index (χ1) is 35.7. The van der Waals surface area contributed by atoms with Gasteiger partial charge < -0.3 is 35.2 Å². The number of carbonyl (C=O) groups excluding carboxylic acids is 4. The molecule has 3 N–H and O–H groups in total. The lowest BCUT2D eigenvalue weighted by molar-refractivity contribution is -0.164. The van der Waals surface area contributed by atoms with Gasteiger partial charge in [0.15, 0.2) is 0 Å². The molecule has 0 spiro atoms. The molecule has 0 bridgehead atoms. The van der Waals surface area contributed by atoms with E-state index in [1.165, 1.54) is 10.5 Å². The molecule has 1 saturated carbocycles. The number of hydrogen-bond donors (Lipinski definition) is 3. The molecule has 0 radical (unpaired) electrons. The van der Waals surface area contributed by atoms with Gasteiger partial charge in [-0.2, -0.15) is 5.26 Å². The minimum Gasteiger partial charge on any atom is -0.489 e. The number of ether oxygens (including phenoxy) is 1. The Labute approximate surface area is 450 Å². The smallest absolute Gasteiger partial charge is 0.255 e. The van der Waals surface area contributed by atoms with E-state index < -0.39 is 18.2 Å². The van der Waals surface area contributed by atoms with Crippen LogP contribution in [-0.2, 0) is 22.6 Å². The third-order valence-corrected chi connectivity index (χ3v) is 17.4. The van der Waals surface area contributed by atoms with E-state index in [0.717, 1.165) is 78.5 Å². The Balaban J connectivity index is 0.737. The number of aliphatic hydroxyl groups is 1. The van der Waals surface area contributed by atoms with Crippen LogP contribution in [0.4, 0.5) is 5.69 Å². The van der Waals surface area contributed by atoms with Crippen LogP contribution in [0.2, 0.25) is 5.02 Å². The molecule has 9 rings (SSSR count). The summed E-state index contributed by atoms with van der Waals surface area (Å²) in [5, 5.41) is 26.8. The van der Waals surface area contributed by atoms with Crippen LogP contribution >= 0.6 is 22.9 Å². The first-order valence-corrected chi connectivity index (χ1v) is 27.5. The van der Waals surface area contributed by atoms with Gasteiger partial charge in [-0.05, 0) is 97.8 Å². The molecule has 2 saturated heterocycles. The van der Waals surface area contributed by atoms with Gasteiger partial charge in [-0.15, -0.1) is 11.3 Å². The number of fused-ring (bicyclic) bond motifs is 1. The van der Waals surface area contributed by atoms with Gasteiger partial charge in [-0.25, -0.2) is 4.98 Å². The van der Waals surface area contributed by atoms with Crippen LogP contribution in [-0.4, -0.2) is 118 Å². The number of nitriles is 1. The number of β-amino-alcohol motifs (C(OH)–C–C–N with tert-alkyl or cyclic N) is 1. The predicted molar refractivity (Wildman–Crippen MR) is 293 cm³/mol. The zero-order valence-electron chi connectivity index (χ0n) is 44.2.